The van der Waals surface area contributed by atoms with Gasteiger partial charge in [0.15, 0.2) is 0 Å². The number of carbonyl (C=O) groups is 1. The standard InChI is InChI=1S/C12H17NO4/c1-16-11-4-2-3-10(11)13-6-9-5-8(7-17-9)12(14)15/h5,7,10-11,13H,2-4,6H2,1H3,(H,14,15). The zero-order chi connectivity index (χ0) is 12.3. The van der Waals surface area contributed by atoms with Crippen molar-refractivity contribution in [3.63, 3.8) is 0 Å². The lowest BCUT2D eigenvalue weighted by molar-refractivity contribution is 0.0696. The van der Waals surface area contributed by atoms with Crippen molar-refractivity contribution < 1.29 is 19.1 Å². The van der Waals surface area contributed by atoms with Crippen molar-refractivity contribution in [1.82, 2.24) is 5.32 Å². The van der Waals surface area contributed by atoms with E-state index in [2.05, 4.69) is 5.32 Å². The maximum atomic E-state index is 10.7. The minimum Gasteiger partial charge on any atom is -0.478 e. The topological polar surface area (TPSA) is 71.7 Å². The molecule has 0 amide bonds. The van der Waals surface area contributed by atoms with Gasteiger partial charge in [-0.3, -0.25) is 0 Å². The highest BCUT2D eigenvalue weighted by Crippen LogP contribution is 2.22. The Hall–Kier alpha value is -1.33. The molecule has 5 nitrogen and oxygen atoms in total. The SMILES string of the molecule is COC1CCCC1NCc1cc(C(=O)O)co1. The first kappa shape index (κ1) is 12.1. The van der Waals surface area contributed by atoms with Crippen LogP contribution in [-0.2, 0) is 11.3 Å². The van der Waals surface area contributed by atoms with Crippen LogP contribution in [0.5, 0.6) is 0 Å². The number of carboxylic acids is 1. The van der Waals surface area contributed by atoms with E-state index in [0.717, 1.165) is 19.3 Å². The quantitative estimate of drug-likeness (QED) is 0.817. The van der Waals surface area contributed by atoms with E-state index in [-0.39, 0.29) is 11.7 Å². The lowest BCUT2D eigenvalue weighted by atomic mass is 10.2. The molecule has 94 valence electrons. The number of hydrogen-bond acceptors (Lipinski definition) is 4. The third-order valence-corrected chi connectivity index (χ3v) is 3.19. The number of hydrogen-bond donors (Lipinski definition) is 2. The molecule has 1 heterocycles. The van der Waals surface area contributed by atoms with Crippen molar-refractivity contribution in [3.05, 3.63) is 23.7 Å². The summed E-state index contributed by atoms with van der Waals surface area (Å²) in [6.07, 6.45) is 4.85. The Bertz CT molecular complexity index is 388. The fourth-order valence-corrected chi connectivity index (χ4v) is 2.26. The zero-order valence-electron chi connectivity index (χ0n) is 9.81. The molecule has 2 rings (SSSR count). The number of furan rings is 1. The Morgan fingerprint density at radius 1 is 1.65 bits per heavy atom. The highest BCUT2D eigenvalue weighted by molar-refractivity contribution is 5.87. The Morgan fingerprint density at radius 3 is 3.12 bits per heavy atom. The first-order chi connectivity index (χ1) is 8.20. The second-order valence-electron chi connectivity index (χ2n) is 4.30. The van der Waals surface area contributed by atoms with Gasteiger partial charge >= 0.3 is 5.97 Å². The van der Waals surface area contributed by atoms with E-state index in [0.29, 0.717) is 18.3 Å². The molecule has 0 aromatic carbocycles. The van der Waals surface area contributed by atoms with Gasteiger partial charge in [-0.2, -0.15) is 0 Å². The molecule has 0 saturated heterocycles. The number of nitrogens with one attached hydrogen (secondary N) is 1. The summed E-state index contributed by atoms with van der Waals surface area (Å²) >= 11 is 0. The minimum atomic E-state index is -0.962. The van der Waals surface area contributed by atoms with Gasteiger partial charge in [0, 0.05) is 13.2 Å². The summed E-state index contributed by atoms with van der Waals surface area (Å²) in [5, 5.41) is 12.1. The van der Waals surface area contributed by atoms with Crippen LogP contribution in [0.1, 0.15) is 35.4 Å². The maximum Gasteiger partial charge on any atom is 0.338 e. The summed E-state index contributed by atoms with van der Waals surface area (Å²) in [5.41, 5.74) is 0.191. The molecule has 0 spiro atoms. The van der Waals surface area contributed by atoms with Crippen LogP contribution in [-0.4, -0.2) is 30.3 Å². The lowest BCUT2D eigenvalue weighted by Gasteiger charge is -2.18. The van der Waals surface area contributed by atoms with Crippen molar-refractivity contribution in [2.45, 2.75) is 38.0 Å². The number of ether oxygens (including phenoxy) is 1. The highest BCUT2D eigenvalue weighted by atomic mass is 16.5. The molecular weight excluding hydrogens is 222 g/mol. The fourth-order valence-electron chi connectivity index (χ4n) is 2.26. The highest BCUT2D eigenvalue weighted by Gasteiger charge is 2.26. The molecule has 1 aliphatic rings. The van der Waals surface area contributed by atoms with Gasteiger partial charge in [-0.15, -0.1) is 0 Å². The summed E-state index contributed by atoms with van der Waals surface area (Å²) < 4.78 is 10.5. The van der Waals surface area contributed by atoms with Crippen LogP contribution < -0.4 is 5.32 Å². The van der Waals surface area contributed by atoms with E-state index in [9.17, 15) is 4.79 Å². The van der Waals surface area contributed by atoms with Crippen LogP contribution in [0, 0.1) is 0 Å². The van der Waals surface area contributed by atoms with Gasteiger partial charge in [0.2, 0.25) is 0 Å². The van der Waals surface area contributed by atoms with Crippen molar-refractivity contribution in [2.24, 2.45) is 0 Å². The molecule has 1 fully saturated rings. The Balaban J connectivity index is 1.86. The summed E-state index contributed by atoms with van der Waals surface area (Å²) in [5.74, 6) is -0.320. The van der Waals surface area contributed by atoms with E-state index >= 15 is 0 Å². The number of methoxy groups -OCH3 is 1. The van der Waals surface area contributed by atoms with Crippen LogP contribution in [0.15, 0.2) is 16.7 Å². The largest absolute Gasteiger partial charge is 0.478 e. The Labute approximate surface area is 99.8 Å². The van der Waals surface area contributed by atoms with E-state index < -0.39 is 5.97 Å². The van der Waals surface area contributed by atoms with Gasteiger partial charge in [0.05, 0.1) is 18.2 Å². The van der Waals surface area contributed by atoms with Gasteiger partial charge in [0.25, 0.3) is 0 Å². The maximum absolute atomic E-state index is 10.7. The van der Waals surface area contributed by atoms with Crippen LogP contribution in [0.4, 0.5) is 0 Å². The molecule has 2 N–H and O–H groups in total. The number of rotatable bonds is 5. The molecule has 0 radical (unpaired) electrons. The molecule has 2 unspecified atom stereocenters. The van der Waals surface area contributed by atoms with Crippen LogP contribution in [0.3, 0.4) is 0 Å². The van der Waals surface area contributed by atoms with E-state index in [1.165, 1.54) is 6.26 Å². The zero-order valence-corrected chi connectivity index (χ0v) is 9.81. The van der Waals surface area contributed by atoms with Gasteiger partial charge in [-0.1, -0.05) is 0 Å². The molecule has 17 heavy (non-hydrogen) atoms. The molecule has 5 heteroatoms. The molecule has 2 atom stereocenters. The minimum absolute atomic E-state index is 0.191. The van der Waals surface area contributed by atoms with Gasteiger partial charge < -0.3 is 19.6 Å². The number of aromatic carboxylic acids is 1. The van der Waals surface area contributed by atoms with Gasteiger partial charge in [0.1, 0.15) is 12.0 Å². The second kappa shape index (κ2) is 5.33. The Kier molecular flexibility index (Phi) is 3.81. The van der Waals surface area contributed by atoms with Crippen molar-refractivity contribution in [3.8, 4) is 0 Å². The van der Waals surface area contributed by atoms with Crippen LogP contribution in [0.2, 0.25) is 0 Å². The molecule has 0 bridgehead atoms. The van der Waals surface area contributed by atoms with E-state index in [1.54, 1.807) is 13.2 Å². The number of carboxylic acid groups (broad SMARTS) is 1. The molecular formula is C12H17NO4. The van der Waals surface area contributed by atoms with Crippen molar-refractivity contribution >= 4 is 5.97 Å². The second-order valence-corrected chi connectivity index (χ2v) is 4.30. The average Bonchev–Trinajstić information content (AvgIpc) is 2.95. The first-order valence-electron chi connectivity index (χ1n) is 5.77. The average molecular weight is 239 g/mol. The normalized spacial score (nSPS) is 24.1. The molecule has 1 aliphatic carbocycles. The predicted octanol–water partition coefficient (Wildman–Crippen LogP) is 1.63. The molecule has 1 aromatic heterocycles. The fraction of sp³-hybridized carbons (Fsp3) is 0.583. The Morgan fingerprint density at radius 2 is 2.47 bits per heavy atom. The predicted molar refractivity (Wildman–Crippen MR) is 60.9 cm³/mol. The van der Waals surface area contributed by atoms with E-state index in [4.69, 9.17) is 14.3 Å². The third kappa shape index (κ3) is 2.87. The van der Waals surface area contributed by atoms with Gasteiger partial charge in [-0.05, 0) is 25.3 Å². The third-order valence-electron chi connectivity index (χ3n) is 3.19. The van der Waals surface area contributed by atoms with Crippen molar-refractivity contribution in [1.29, 1.82) is 0 Å². The molecule has 0 aliphatic heterocycles. The van der Waals surface area contributed by atoms with Crippen molar-refractivity contribution in [2.75, 3.05) is 7.11 Å². The lowest BCUT2D eigenvalue weighted by Crippen LogP contribution is -2.36. The summed E-state index contributed by atoms with van der Waals surface area (Å²) in [6, 6.07) is 1.88. The van der Waals surface area contributed by atoms with E-state index in [1.807, 2.05) is 0 Å². The summed E-state index contributed by atoms with van der Waals surface area (Å²) in [7, 11) is 1.72. The summed E-state index contributed by atoms with van der Waals surface area (Å²) in [4.78, 5) is 10.7. The first-order valence-corrected chi connectivity index (χ1v) is 5.77. The van der Waals surface area contributed by atoms with Gasteiger partial charge in [-0.25, -0.2) is 4.79 Å². The monoisotopic (exact) mass is 239 g/mol. The van der Waals surface area contributed by atoms with Crippen LogP contribution in [0.25, 0.3) is 0 Å². The summed E-state index contributed by atoms with van der Waals surface area (Å²) in [6.45, 7) is 0.539. The smallest absolute Gasteiger partial charge is 0.338 e. The molecule has 1 saturated carbocycles. The molecule has 1 aromatic rings. The van der Waals surface area contributed by atoms with Crippen LogP contribution >= 0.6 is 0 Å².